The van der Waals surface area contributed by atoms with Crippen molar-refractivity contribution in [3.63, 3.8) is 0 Å². The number of aromatic nitrogens is 1. The fourth-order valence-electron chi connectivity index (χ4n) is 3.71. The summed E-state index contributed by atoms with van der Waals surface area (Å²) in [4.78, 5) is 16.7. The van der Waals surface area contributed by atoms with Crippen LogP contribution in [0.15, 0.2) is 47.4 Å². The number of likely N-dealkylation sites (N-methyl/N-ethyl adjacent to an activating group) is 1. The Labute approximate surface area is 167 Å². The van der Waals surface area contributed by atoms with Gasteiger partial charge >= 0.3 is 0 Å². The minimum Gasteiger partial charge on any atom is -0.367 e. The van der Waals surface area contributed by atoms with Crippen molar-refractivity contribution in [1.82, 2.24) is 9.47 Å². The third-order valence-electron chi connectivity index (χ3n) is 5.41. The summed E-state index contributed by atoms with van der Waals surface area (Å²) >= 11 is 0. The zero-order chi connectivity index (χ0) is 20.5. The van der Waals surface area contributed by atoms with Crippen LogP contribution in [0.4, 0.5) is 14.5 Å². The molecule has 0 N–H and O–H groups in total. The Morgan fingerprint density at radius 3 is 2.48 bits per heavy atom. The quantitative estimate of drug-likeness (QED) is 0.686. The molecule has 0 spiro atoms. The first kappa shape index (κ1) is 19.1. The van der Waals surface area contributed by atoms with Gasteiger partial charge in [0.2, 0.25) is 5.43 Å². The fraction of sp³-hybridized carbons (Fsp3) is 0.273. The number of nitriles is 1. The van der Waals surface area contributed by atoms with Crippen molar-refractivity contribution in [1.29, 1.82) is 5.26 Å². The molecule has 1 fully saturated rings. The molecule has 7 heteroatoms. The summed E-state index contributed by atoms with van der Waals surface area (Å²) in [6.07, 6.45) is 1.42. The number of pyridine rings is 1. The maximum atomic E-state index is 14.9. The van der Waals surface area contributed by atoms with Crippen molar-refractivity contribution in [3.05, 3.63) is 75.6 Å². The van der Waals surface area contributed by atoms with Crippen molar-refractivity contribution in [2.75, 3.05) is 38.1 Å². The van der Waals surface area contributed by atoms with Crippen LogP contribution < -0.4 is 10.3 Å². The average molecular weight is 394 g/mol. The molecular weight excluding hydrogens is 374 g/mol. The van der Waals surface area contributed by atoms with E-state index in [1.54, 1.807) is 28.8 Å². The van der Waals surface area contributed by atoms with Crippen LogP contribution in [0.2, 0.25) is 0 Å². The van der Waals surface area contributed by atoms with E-state index in [4.69, 9.17) is 0 Å². The number of halogens is 2. The number of piperazine rings is 1. The fourth-order valence-corrected chi connectivity index (χ4v) is 3.71. The molecule has 2 heterocycles. The molecule has 1 saturated heterocycles. The Kier molecular flexibility index (Phi) is 5.03. The van der Waals surface area contributed by atoms with E-state index in [1.807, 2.05) is 18.0 Å². The number of benzene rings is 2. The van der Waals surface area contributed by atoms with Gasteiger partial charge in [-0.05, 0) is 25.2 Å². The van der Waals surface area contributed by atoms with E-state index in [9.17, 15) is 18.8 Å². The number of nitrogens with zero attached hydrogens (tertiary/aromatic N) is 4. The van der Waals surface area contributed by atoms with Gasteiger partial charge in [0.1, 0.15) is 23.3 Å². The van der Waals surface area contributed by atoms with Gasteiger partial charge in [-0.3, -0.25) is 4.79 Å². The Bertz CT molecular complexity index is 1170. The second-order valence-corrected chi connectivity index (χ2v) is 7.31. The van der Waals surface area contributed by atoms with Gasteiger partial charge in [0.25, 0.3) is 0 Å². The van der Waals surface area contributed by atoms with E-state index in [0.29, 0.717) is 29.9 Å². The number of fused-ring (bicyclic) bond motifs is 1. The van der Waals surface area contributed by atoms with Crippen molar-refractivity contribution in [2.24, 2.45) is 0 Å². The van der Waals surface area contributed by atoms with Gasteiger partial charge in [0.05, 0.1) is 23.1 Å². The van der Waals surface area contributed by atoms with Gasteiger partial charge in [-0.25, -0.2) is 8.78 Å². The number of anilines is 1. The summed E-state index contributed by atoms with van der Waals surface area (Å²) in [5.41, 5.74) is 0.702. The first-order valence-corrected chi connectivity index (χ1v) is 9.41. The molecule has 29 heavy (non-hydrogen) atoms. The van der Waals surface area contributed by atoms with Crippen LogP contribution in [0.3, 0.4) is 0 Å². The molecule has 0 radical (unpaired) electrons. The van der Waals surface area contributed by atoms with Gasteiger partial charge in [-0.15, -0.1) is 0 Å². The summed E-state index contributed by atoms with van der Waals surface area (Å²) < 4.78 is 30.7. The number of hydrogen-bond acceptors (Lipinski definition) is 4. The van der Waals surface area contributed by atoms with Crippen molar-refractivity contribution < 1.29 is 8.78 Å². The third-order valence-corrected chi connectivity index (χ3v) is 5.41. The number of rotatable bonds is 3. The predicted molar refractivity (Wildman–Crippen MR) is 108 cm³/mol. The largest absolute Gasteiger partial charge is 0.367 e. The number of hydrogen-bond donors (Lipinski definition) is 0. The Morgan fingerprint density at radius 1 is 1.07 bits per heavy atom. The molecule has 1 aromatic heterocycles. The van der Waals surface area contributed by atoms with Gasteiger partial charge in [0, 0.05) is 37.9 Å². The Morgan fingerprint density at radius 2 is 1.79 bits per heavy atom. The second-order valence-electron chi connectivity index (χ2n) is 7.31. The lowest BCUT2D eigenvalue weighted by molar-refractivity contribution is 0.312. The van der Waals surface area contributed by atoms with E-state index in [1.165, 1.54) is 18.3 Å². The van der Waals surface area contributed by atoms with Crippen molar-refractivity contribution in [3.8, 4) is 6.07 Å². The monoisotopic (exact) mass is 394 g/mol. The highest BCUT2D eigenvalue weighted by Crippen LogP contribution is 2.26. The summed E-state index contributed by atoms with van der Waals surface area (Å²) in [5.74, 6) is -0.869. The lowest BCUT2D eigenvalue weighted by Crippen LogP contribution is -2.44. The van der Waals surface area contributed by atoms with Crippen LogP contribution in [0.1, 0.15) is 11.1 Å². The van der Waals surface area contributed by atoms with Gasteiger partial charge < -0.3 is 14.4 Å². The molecule has 0 unspecified atom stereocenters. The van der Waals surface area contributed by atoms with E-state index in [-0.39, 0.29) is 23.3 Å². The molecule has 1 aliphatic rings. The van der Waals surface area contributed by atoms with Crippen LogP contribution in [0.5, 0.6) is 0 Å². The highest BCUT2D eigenvalue weighted by molar-refractivity contribution is 5.84. The van der Waals surface area contributed by atoms with Crippen LogP contribution in [0, 0.1) is 23.0 Å². The first-order chi connectivity index (χ1) is 14.0. The first-order valence-electron chi connectivity index (χ1n) is 9.41. The SMILES string of the molecule is CN1CCN(c2cc3c(cc2F)c(=O)c(C#N)cn3Cc2ccccc2F)CC1. The van der Waals surface area contributed by atoms with Crippen LogP contribution in [-0.2, 0) is 6.54 Å². The zero-order valence-electron chi connectivity index (χ0n) is 16.0. The topological polar surface area (TPSA) is 52.3 Å². The second kappa shape index (κ2) is 7.64. The molecule has 148 valence electrons. The molecule has 1 aliphatic heterocycles. The summed E-state index contributed by atoms with van der Waals surface area (Å²) in [6, 6.07) is 11.0. The molecule has 0 amide bonds. The van der Waals surface area contributed by atoms with Gasteiger partial charge in [-0.2, -0.15) is 5.26 Å². The molecule has 0 aliphatic carbocycles. The molecule has 0 bridgehead atoms. The van der Waals surface area contributed by atoms with Crippen LogP contribution in [-0.4, -0.2) is 42.7 Å². The maximum absolute atomic E-state index is 14.9. The third kappa shape index (κ3) is 3.59. The van der Waals surface area contributed by atoms with Gasteiger partial charge in [0.15, 0.2) is 0 Å². The van der Waals surface area contributed by atoms with Crippen molar-refractivity contribution >= 4 is 16.6 Å². The average Bonchev–Trinajstić information content (AvgIpc) is 2.72. The van der Waals surface area contributed by atoms with E-state index < -0.39 is 11.2 Å². The van der Waals surface area contributed by atoms with Crippen LogP contribution >= 0.6 is 0 Å². The minimum absolute atomic E-state index is 0.0967. The normalized spacial score (nSPS) is 14.9. The maximum Gasteiger partial charge on any atom is 0.207 e. The Balaban J connectivity index is 1.88. The highest BCUT2D eigenvalue weighted by atomic mass is 19.1. The molecule has 2 aromatic carbocycles. The molecular formula is C22H20F2N4O. The summed E-state index contributed by atoms with van der Waals surface area (Å²) in [6.45, 7) is 3.10. The zero-order valence-corrected chi connectivity index (χ0v) is 16.0. The van der Waals surface area contributed by atoms with Gasteiger partial charge in [-0.1, -0.05) is 18.2 Å². The van der Waals surface area contributed by atoms with Crippen molar-refractivity contribution in [2.45, 2.75) is 6.54 Å². The van der Waals surface area contributed by atoms with E-state index >= 15 is 0 Å². The lowest BCUT2D eigenvalue weighted by Gasteiger charge is -2.34. The molecule has 5 nitrogen and oxygen atoms in total. The van der Waals surface area contributed by atoms with E-state index in [2.05, 4.69) is 4.90 Å². The molecule has 4 rings (SSSR count). The van der Waals surface area contributed by atoms with Crippen LogP contribution in [0.25, 0.3) is 10.9 Å². The Hall–Kier alpha value is -3.24. The molecule has 3 aromatic rings. The standard InChI is InChI=1S/C22H20F2N4O/c1-26-6-8-27(9-7-26)21-11-20-17(10-19(21)24)22(29)16(12-25)14-28(20)13-15-4-2-3-5-18(15)23/h2-5,10-11,14H,6-9,13H2,1H3. The highest BCUT2D eigenvalue weighted by Gasteiger charge is 2.20. The molecule has 0 saturated carbocycles. The smallest absolute Gasteiger partial charge is 0.207 e. The summed E-state index contributed by atoms with van der Waals surface area (Å²) in [5, 5.41) is 9.45. The lowest BCUT2D eigenvalue weighted by atomic mass is 10.1. The predicted octanol–water partition coefficient (Wildman–Crippen LogP) is 2.95. The minimum atomic E-state index is -0.517. The molecule has 0 atom stereocenters. The summed E-state index contributed by atoms with van der Waals surface area (Å²) in [7, 11) is 2.02. The van der Waals surface area contributed by atoms with E-state index in [0.717, 1.165) is 13.1 Å².